The van der Waals surface area contributed by atoms with Crippen LogP contribution in [0.3, 0.4) is 0 Å². The van der Waals surface area contributed by atoms with E-state index in [1.807, 2.05) is 18.4 Å². The van der Waals surface area contributed by atoms with Gasteiger partial charge in [-0.15, -0.1) is 10.2 Å². The van der Waals surface area contributed by atoms with Crippen LogP contribution in [0.15, 0.2) is 5.16 Å². The molecule has 1 unspecified atom stereocenters. The van der Waals surface area contributed by atoms with Gasteiger partial charge in [0.2, 0.25) is 5.91 Å². The molecular weight excluding hydrogens is 278 g/mol. The second-order valence-electron chi connectivity index (χ2n) is 4.24. The number of ether oxygens (including phenoxy) is 1. The number of hydrogen-bond acceptors (Lipinski definition) is 6. The molecule has 0 bridgehead atoms. The van der Waals surface area contributed by atoms with Crippen molar-refractivity contribution in [2.45, 2.75) is 43.8 Å². The van der Waals surface area contributed by atoms with Crippen LogP contribution in [-0.4, -0.2) is 46.2 Å². The summed E-state index contributed by atoms with van der Waals surface area (Å²) in [6.45, 7) is 6.20. The molecule has 0 saturated carbocycles. The molecule has 1 heterocycles. The predicted molar refractivity (Wildman–Crippen MR) is 78.4 cm³/mol. The van der Waals surface area contributed by atoms with Crippen molar-refractivity contribution in [2.24, 2.45) is 5.73 Å². The maximum Gasteiger partial charge on any atom is 0.233 e. The van der Waals surface area contributed by atoms with Crippen molar-refractivity contribution in [3.63, 3.8) is 0 Å². The van der Waals surface area contributed by atoms with Crippen molar-refractivity contribution < 1.29 is 9.53 Å². The molecule has 3 N–H and O–H groups in total. The zero-order chi connectivity index (χ0) is 15.0. The molecule has 0 saturated heterocycles. The molecule has 1 aromatic heterocycles. The third-order valence-electron chi connectivity index (χ3n) is 2.77. The average Bonchev–Trinajstić information content (AvgIpc) is 2.85. The fourth-order valence-electron chi connectivity index (χ4n) is 1.66. The number of carbonyl (C=O) groups excluding carboxylic acids is 1. The number of amides is 1. The van der Waals surface area contributed by atoms with Gasteiger partial charge >= 0.3 is 0 Å². The van der Waals surface area contributed by atoms with Crippen molar-refractivity contribution in [2.75, 3.05) is 20.3 Å². The van der Waals surface area contributed by atoms with Gasteiger partial charge in [0, 0.05) is 26.8 Å². The lowest BCUT2D eigenvalue weighted by Gasteiger charge is -2.12. The summed E-state index contributed by atoms with van der Waals surface area (Å²) in [5.41, 5.74) is 5.60. The van der Waals surface area contributed by atoms with Crippen LogP contribution in [0, 0.1) is 0 Å². The molecular formula is C12H23N5O2S. The van der Waals surface area contributed by atoms with Gasteiger partial charge < -0.3 is 20.4 Å². The Morgan fingerprint density at radius 3 is 2.90 bits per heavy atom. The average molecular weight is 301 g/mol. The lowest BCUT2D eigenvalue weighted by Crippen LogP contribution is -2.32. The first-order valence-electron chi connectivity index (χ1n) is 6.69. The fourth-order valence-corrected chi connectivity index (χ4v) is 2.61. The molecule has 7 nitrogen and oxygen atoms in total. The van der Waals surface area contributed by atoms with Gasteiger partial charge in [-0.3, -0.25) is 4.79 Å². The Balaban J connectivity index is 2.50. The maximum absolute atomic E-state index is 11.9. The monoisotopic (exact) mass is 301 g/mol. The molecule has 1 amide bonds. The van der Waals surface area contributed by atoms with Crippen molar-refractivity contribution in [3.05, 3.63) is 5.82 Å². The number of nitrogens with zero attached hydrogens (tertiary/aromatic N) is 3. The number of aromatic nitrogens is 3. The third-order valence-corrected chi connectivity index (χ3v) is 3.85. The van der Waals surface area contributed by atoms with Crippen LogP contribution in [-0.2, 0) is 22.6 Å². The van der Waals surface area contributed by atoms with Crippen LogP contribution >= 0.6 is 11.8 Å². The summed E-state index contributed by atoms with van der Waals surface area (Å²) in [7, 11) is 1.65. The number of carbonyl (C=O) groups is 1. The third kappa shape index (κ3) is 4.77. The van der Waals surface area contributed by atoms with Crippen LogP contribution in [0.1, 0.15) is 26.1 Å². The Morgan fingerprint density at radius 1 is 1.55 bits per heavy atom. The first kappa shape index (κ1) is 16.9. The maximum atomic E-state index is 11.9. The van der Waals surface area contributed by atoms with Crippen molar-refractivity contribution >= 4 is 17.7 Å². The highest BCUT2D eigenvalue weighted by Crippen LogP contribution is 2.22. The van der Waals surface area contributed by atoms with E-state index in [1.165, 1.54) is 11.8 Å². The molecule has 8 heteroatoms. The van der Waals surface area contributed by atoms with Crippen molar-refractivity contribution in [1.82, 2.24) is 20.1 Å². The van der Waals surface area contributed by atoms with Gasteiger partial charge in [-0.1, -0.05) is 11.8 Å². The van der Waals surface area contributed by atoms with Gasteiger partial charge in [0.15, 0.2) is 5.16 Å². The van der Waals surface area contributed by atoms with Gasteiger partial charge in [0.1, 0.15) is 5.82 Å². The lowest BCUT2D eigenvalue weighted by atomic mass is 10.4. The molecule has 0 spiro atoms. The highest BCUT2D eigenvalue weighted by atomic mass is 32.2. The van der Waals surface area contributed by atoms with E-state index in [9.17, 15) is 4.79 Å². The number of nitrogens with one attached hydrogen (secondary N) is 1. The van der Waals surface area contributed by atoms with E-state index in [0.717, 1.165) is 23.9 Å². The van der Waals surface area contributed by atoms with Crippen molar-refractivity contribution in [1.29, 1.82) is 0 Å². The minimum Gasteiger partial charge on any atom is -0.385 e. The first-order chi connectivity index (χ1) is 9.63. The van der Waals surface area contributed by atoms with E-state index in [4.69, 9.17) is 10.5 Å². The molecule has 1 rings (SSSR count). The van der Waals surface area contributed by atoms with E-state index in [1.54, 1.807) is 7.11 Å². The molecule has 0 aliphatic heterocycles. The molecule has 1 atom stereocenters. The molecule has 0 radical (unpaired) electrons. The standard InChI is InChI=1S/C12H23N5O2S/c1-4-17-10(8-13)15-16-12(17)20-9(2)11(18)14-6-5-7-19-3/h9H,4-8,13H2,1-3H3,(H,14,18). The van der Waals surface area contributed by atoms with Gasteiger partial charge in [-0.25, -0.2) is 0 Å². The quantitative estimate of drug-likeness (QED) is 0.506. The lowest BCUT2D eigenvalue weighted by molar-refractivity contribution is -0.120. The van der Waals surface area contributed by atoms with Crippen LogP contribution in [0.5, 0.6) is 0 Å². The van der Waals surface area contributed by atoms with Gasteiger partial charge in [0.25, 0.3) is 0 Å². The summed E-state index contributed by atoms with van der Waals surface area (Å²) < 4.78 is 6.87. The van der Waals surface area contributed by atoms with Crippen LogP contribution in [0.25, 0.3) is 0 Å². The smallest absolute Gasteiger partial charge is 0.233 e. The summed E-state index contributed by atoms with van der Waals surface area (Å²) in [6.07, 6.45) is 0.808. The van der Waals surface area contributed by atoms with Crippen LogP contribution in [0.4, 0.5) is 0 Å². The largest absolute Gasteiger partial charge is 0.385 e. The predicted octanol–water partition coefficient (Wildman–Crippen LogP) is 0.390. The summed E-state index contributed by atoms with van der Waals surface area (Å²) in [6, 6.07) is 0. The Bertz CT molecular complexity index is 424. The minimum absolute atomic E-state index is 0.00828. The van der Waals surface area contributed by atoms with E-state index >= 15 is 0 Å². The summed E-state index contributed by atoms with van der Waals surface area (Å²) in [5, 5.41) is 11.5. The zero-order valence-corrected chi connectivity index (χ0v) is 13.1. The van der Waals surface area contributed by atoms with E-state index in [0.29, 0.717) is 19.7 Å². The number of methoxy groups -OCH3 is 1. The summed E-state index contributed by atoms with van der Waals surface area (Å²) >= 11 is 1.39. The Morgan fingerprint density at radius 2 is 2.30 bits per heavy atom. The summed E-state index contributed by atoms with van der Waals surface area (Å²) in [4.78, 5) is 11.9. The minimum atomic E-state index is -0.224. The molecule has 0 aliphatic rings. The molecule has 1 aromatic rings. The topological polar surface area (TPSA) is 95.1 Å². The molecule has 114 valence electrons. The SMILES string of the molecule is CCn1c(CN)nnc1SC(C)C(=O)NCCCOC. The molecule has 0 fully saturated rings. The van der Waals surface area contributed by atoms with Crippen LogP contribution in [0.2, 0.25) is 0 Å². The number of hydrogen-bond donors (Lipinski definition) is 2. The van der Waals surface area contributed by atoms with E-state index in [-0.39, 0.29) is 11.2 Å². The Hall–Kier alpha value is -1.12. The second kappa shape index (κ2) is 8.93. The van der Waals surface area contributed by atoms with Gasteiger partial charge in [-0.05, 0) is 20.3 Å². The Labute approximate surface area is 123 Å². The summed E-state index contributed by atoms with van der Waals surface area (Å²) in [5.74, 6) is 0.730. The number of nitrogens with two attached hydrogens (primary N) is 1. The highest BCUT2D eigenvalue weighted by Gasteiger charge is 2.18. The normalized spacial score (nSPS) is 12.4. The fraction of sp³-hybridized carbons (Fsp3) is 0.750. The van der Waals surface area contributed by atoms with E-state index in [2.05, 4.69) is 15.5 Å². The number of rotatable bonds is 9. The zero-order valence-electron chi connectivity index (χ0n) is 12.3. The molecule has 0 aliphatic carbocycles. The van der Waals surface area contributed by atoms with Gasteiger partial charge in [-0.2, -0.15) is 0 Å². The Kier molecular flexibility index (Phi) is 7.56. The first-order valence-corrected chi connectivity index (χ1v) is 7.57. The molecule has 20 heavy (non-hydrogen) atoms. The van der Waals surface area contributed by atoms with Crippen LogP contribution < -0.4 is 11.1 Å². The van der Waals surface area contributed by atoms with Crippen molar-refractivity contribution in [3.8, 4) is 0 Å². The van der Waals surface area contributed by atoms with E-state index < -0.39 is 0 Å². The van der Waals surface area contributed by atoms with Gasteiger partial charge in [0.05, 0.1) is 11.8 Å². The molecule has 0 aromatic carbocycles. The highest BCUT2D eigenvalue weighted by molar-refractivity contribution is 8.00. The second-order valence-corrected chi connectivity index (χ2v) is 5.55. The number of thioether (sulfide) groups is 1.